The smallest absolute Gasteiger partial charge is 0.0544 e. The summed E-state index contributed by atoms with van der Waals surface area (Å²) in [5.74, 6) is 0. The fourth-order valence-corrected chi connectivity index (χ4v) is 0.793. The van der Waals surface area contributed by atoms with Gasteiger partial charge in [-0.25, -0.2) is 0 Å². The number of aliphatic hydroxyl groups is 1. The lowest BCUT2D eigenvalue weighted by Gasteiger charge is -2.09. The standard InChI is InChI=1S/C9H20O2/c1-3-9(2)11-8-6-4-5-7-10/h9-10H,3-8H2,1-2H3. The van der Waals surface area contributed by atoms with Crippen LogP contribution in [0, 0.1) is 0 Å². The SMILES string of the molecule is CCC(C)OCCCCCO. The molecule has 1 atom stereocenters. The van der Waals surface area contributed by atoms with E-state index in [4.69, 9.17) is 9.84 Å². The van der Waals surface area contributed by atoms with Crippen molar-refractivity contribution in [3.63, 3.8) is 0 Å². The summed E-state index contributed by atoms with van der Waals surface area (Å²) in [6, 6.07) is 0. The summed E-state index contributed by atoms with van der Waals surface area (Å²) in [5, 5.41) is 8.48. The van der Waals surface area contributed by atoms with E-state index in [0.29, 0.717) is 12.7 Å². The van der Waals surface area contributed by atoms with Gasteiger partial charge in [-0.2, -0.15) is 0 Å². The highest BCUT2D eigenvalue weighted by Gasteiger charge is 1.96. The lowest BCUT2D eigenvalue weighted by Crippen LogP contribution is -2.07. The van der Waals surface area contributed by atoms with Crippen LogP contribution in [0.2, 0.25) is 0 Å². The van der Waals surface area contributed by atoms with Crippen LogP contribution in [0.3, 0.4) is 0 Å². The topological polar surface area (TPSA) is 29.5 Å². The molecule has 0 aliphatic rings. The molecule has 0 fully saturated rings. The van der Waals surface area contributed by atoms with Gasteiger partial charge >= 0.3 is 0 Å². The highest BCUT2D eigenvalue weighted by molar-refractivity contribution is 4.45. The Morgan fingerprint density at radius 1 is 1.27 bits per heavy atom. The monoisotopic (exact) mass is 160 g/mol. The predicted octanol–water partition coefficient (Wildman–Crippen LogP) is 1.96. The van der Waals surface area contributed by atoms with Crippen LogP contribution in [0.4, 0.5) is 0 Å². The van der Waals surface area contributed by atoms with E-state index in [0.717, 1.165) is 32.3 Å². The van der Waals surface area contributed by atoms with Crippen LogP contribution in [0.1, 0.15) is 39.5 Å². The zero-order valence-electron chi connectivity index (χ0n) is 7.68. The molecule has 1 unspecified atom stereocenters. The zero-order valence-corrected chi connectivity index (χ0v) is 7.68. The summed E-state index contributed by atoms with van der Waals surface area (Å²) in [5.41, 5.74) is 0. The van der Waals surface area contributed by atoms with Gasteiger partial charge in [0.2, 0.25) is 0 Å². The van der Waals surface area contributed by atoms with Gasteiger partial charge in [0.05, 0.1) is 6.10 Å². The molecule has 0 aliphatic heterocycles. The van der Waals surface area contributed by atoms with E-state index in [2.05, 4.69) is 13.8 Å². The van der Waals surface area contributed by atoms with Crippen molar-refractivity contribution in [2.75, 3.05) is 13.2 Å². The maximum absolute atomic E-state index is 8.48. The molecule has 0 radical (unpaired) electrons. The van der Waals surface area contributed by atoms with Gasteiger partial charge in [-0.15, -0.1) is 0 Å². The quantitative estimate of drug-likeness (QED) is 0.577. The Hall–Kier alpha value is -0.0800. The van der Waals surface area contributed by atoms with E-state index in [-0.39, 0.29) is 0 Å². The molecule has 2 heteroatoms. The normalized spacial score (nSPS) is 13.4. The van der Waals surface area contributed by atoms with Gasteiger partial charge in [0, 0.05) is 13.2 Å². The Morgan fingerprint density at radius 3 is 2.55 bits per heavy atom. The number of ether oxygens (including phenoxy) is 1. The van der Waals surface area contributed by atoms with E-state index in [9.17, 15) is 0 Å². The summed E-state index contributed by atoms with van der Waals surface area (Å²) >= 11 is 0. The lowest BCUT2D eigenvalue weighted by atomic mass is 10.2. The predicted molar refractivity (Wildman–Crippen MR) is 46.6 cm³/mol. The highest BCUT2D eigenvalue weighted by atomic mass is 16.5. The van der Waals surface area contributed by atoms with Gasteiger partial charge in [-0.05, 0) is 32.6 Å². The van der Waals surface area contributed by atoms with Crippen molar-refractivity contribution in [3.05, 3.63) is 0 Å². The third-order valence-electron chi connectivity index (χ3n) is 1.78. The fraction of sp³-hybridized carbons (Fsp3) is 1.00. The molecule has 0 heterocycles. The molecule has 2 nitrogen and oxygen atoms in total. The summed E-state index contributed by atoms with van der Waals surface area (Å²) in [7, 11) is 0. The van der Waals surface area contributed by atoms with E-state index >= 15 is 0 Å². The third-order valence-corrected chi connectivity index (χ3v) is 1.78. The third kappa shape index (κ3) is 7.82. The molecule has 0 aromatic rings. The number of hydrogen-bond acceptors (Lipinski definition) is 2. The van der Waals surface area contributed by atoms with Crippen molar-refractivity contribution in [2.45, 2.75) is 45.6 Å². The molecule has 0 aromatic heterocycles. The molecule has 68 valence electrons. The molecule has 0 amide bonds. The highest BCUT2D eigenvalue weighted by Crippen LogP contribution is 2.00. The number of rotatable bonds is 7. The first-order chi connectivity index (χ1) is 5.31. The van der Waals surface area contributed by atoms with Crippen LogP contribution in [0.25, 0.3) is 0 Å². The van der Waals surface area contributed by atoms with Crippen molar-refractivity contribution in [1.82, 2.24) is 0 Å². The minimum atomic E-state index is 0.309. The maximum atomic E-state index is 8.48. The minimum absolute atomic E-state index is 0.309. The second-order valence-corrected chi connectivity index (χ2v) is 2.87. The molecule has 0 aliphatic carbocycles. The summed E-state index contributed by atoms with van der Waals surface area (Å²) in [6.45, 7) is 5.36. The summed E-state index contributed by atoms with van der Waals surface area (Å²) < 4.78 is 5.46. The van der Waals surface area contributed by atoms with Crippen molar-refractivity contribution in [2.24, 2.45) is 0 Å². The van der Waals surface area contributed by atoms with Gasteiger partial charge in [0.25, 0.3) is 0 Å². The fourth-order valence-electron chi connectivity index (χ4n) is 0.793. The van der Waals surface area contributed by atoms with Gasteiger partial charge < -0.3 is 9.84 Å². The Labute approximate surface area is 69.6 Å². The average Bonchev–Trinajstić information content (AvgIpc) is 2.04. The molecule has 11 heavy (non-hydrogen) atoms. The number of unbranched alkanes of at least 4 members (excludes halogenated alkanes) is 2. The van der Waals surface area contributed by atoms with Gasteiger partial charge in [0.15, 0.2) is 0 Å². The number of hydrogen-bond donors (Lipinski definition) is 1. The van der Waals surface area contributed by atoms with Crippen LogP contribution in [-0.2, 0) is 4.74 Å². The van der Waals surface area contributed by atoms with E-state index < -0.39 is 0 Å². The molecular formula is C9H20O2. The number of aliphatic hydroxyl groups excluding tert-OH is 1. The molecule has 0 bridgehead atoms. The summed E-state index contributed by atoms with van der Waals surface area (Å²) in [6.07, 6.45) is 4.53. The Morgan fingerprint density at radius 2 is 2.00 bits per heavy atom. The first kappa shape index (κ1) is 10.9. The Bertz CT molecular complexity index is 74.0. The van der Waals surface area contributed by atoms with Crippen LogP contribution in [-0.4, -0.2) is 24.4 Å². The second-order valence-electron chi connectivity index (χ2n) is 2.87. The van der Waals surface area contributed by atoms with E-state index in [1.807, 2.05) is 0 Å². The van der Waals surface area contributed by atoms with Crippen LogP contribution >= 0.6 is 0 Å². The molecule has 0 rings (SSSR count). The Balaban J connectivity index is 2.89. The molecule has 0 aromatic carbocycles. The molecular weight excluding hydrogens is 140 g/mol. The first-order valence-corrected chi connectivity index (χ1v) is 4.53. The zero-order chi connectivity index (χ0) is 8.53. The van der Waals surface area contributed by atoms with Crippen LogP contribution in [0.15, 0.2) is 0 Å². The van der Waals surface area contributed by atoms with Gasteiger partial charge in [0.1, 0.15) is 0 Å². The van der Waals surface area contributed by atoms with Crippen LogP contribution < -0.4 is 0 Å². The molecule has 0 saturated carbocycles. The lowest BCUT2D eigenvalue weighted by molar-refractivity contribution is 0.0602. The molecule has 0 saturated heterocycles. The van der Waals surface area contributed by atoms with Crippen molar-refractivity contribution in [3.8, 4) is 0 Å². The van der Waals surface area contributed by atoms with Gasteiger partial charge in [-0.3, -0.25) is 0 Å². The van der Waals surface area contributed by atoms with Crippen molar-refractivity contribution >= 4 is 0 Å². The van der Waals surface area contributed by atoms with Crippen LogP contribution in [0.5, 0.6) is 0 Å². The Kier molecular flexibility index (Phi) is 7.96. The maximum Gasteiger partial charge on any atom is 0.0544 e. The first-order valence-electron chi connectivity index (χ1n) is 4.53. The minimum Gasteiger partial charge on any atom is -0.396 e. The van der Waals surface area contributed by atoms with E-state index in [1.165, 1.54) is 0 Å². The molecule has 0 spiro atoms. The second kappa shape index (κ2) is 8.02. The van der Waals surface area contributed by atoms with E-state index in [1.54, 1.807) is 0 Å². The van der Waals surface area contributed by atoms with Crippen molar-refractivity contribution < 1.29 is 9.84 Å². The van der Waals surface area contributed by atoms with Gasteiger partial charge in [-0.1, -0.05) is 6.92 Å². The largest absolute Gasteiger partial charge is 0.396 e. The summed E-state index contributed by atoms with van der Waals surface area (Å²) in [4.78, 5) is 0. The average molecular weight is 160 g/mol. The van der Waals surface area contributed by atoms with Crippen molar-refractivity contribution in [1.29, 1.82) is 0 Å². The molecule has 1 N–H and O–H groups in total.